The third-order valence-corrected chi connectivity index (χ3v) is 4.79. The highest BCUT2D eigenvalue weighted by Gasteiger charge is 2.26. The Labute approximate surface area is 128 Å². The van der Waals surface area contributed by atoms with Gasteiger partial charge in [-0.15, -0.1) is 0 Å². The van der Waals surface area contributed by atoms with E-state index in [1.165, 1.54) is 11.1 Å². The summed E-state index contributed by atoms with van der Waals surface area (Å²) in [6.45, 7) is 2.18. The van der Waals surface area contributed by atoms with E-state index in [4.69, 9.17) is 0 Å². The summed E-state index contributed by atoms with van der Waals surface area (Å²) in [6, 6.07) is 14.7. The lowest BCUT2D eigenvalue weighted by Crippen LogP contribution is -2.23. The summed E-state index contributed by atoms with van der Waals surface area (Å²) >= 11 is 3.61. The van der Waals surface area contributed by atoms with Crippen LogP contribution in [0.25, 0.3) is 0 Å². The van der Waals surface area contributed by atoms with Gasteiger partial charge in [0.15, 0.2) is 0 Å². The van der Waals surface area contributed by atoms with Gasteiger partial charge in [-0.2, -0.15) is 0 Å². The molecule has 0 heterocycles. The molecule has 1 aliphatic carbocycles. The van der Waals surface area contributed by atoms with E-state index in [9.17, 15) is 5.11 Å². The summed E-state index contributed by atoms with van der Waals surface area (Å²) in [7, 11) is 0. The van der Waals surface area contributed by atoms with Gasteiger partial charge in [0, 0.05) is 16.6 Å². The van der Waals surface area contributed by atoms with Gasteiger partial charge in [0.25, 0.3) is 0 Å². The number of nitrogens with one attached hydrogen (secondary N) is 1. The van der Waals surface area contributed by atoms with E-state index in [2.05, 4.69) is 52.4 Å². The van der Waals surface area contributed by atoms with E-state index in [0.717, 1.165) is 22.9 Å². The van der Waals surface area contributed by atoms with Crippen molar-refractivity contribution < 1.29 is 5.11 Å². The minimum absolute atomic E-state index is 0.267. The molecule has 0 spiro atoms. The molecule has 1 aliphatic rings. The van der Waals surface area contributed by atoms with Gasteiger partial charge in [0.1, 0.15) is 5.75 Å². The largest absolute Gasteiger partial charge is 0.508 e. The molecule has 2 aromatic carbocycles. The second-order valence-corrected chi connectivity index (χ2v) is 6.20. The van der Waals surface area contributed by atoms with Crippen LogP contribution in [0.2, 0.25) is 0 Å². The molecule has 3 heteroatoms. The Hall–Kier alpha value is -1.32. The summed E-state index contributed by atoms with van der Waals surface area (Å²) in [5.41, 5.74) is 3.61. The topological polar surface area (TPSA) is 32.3 Å². The standard InChI is InChI=1S/C17H18BrNO/c1-11(12-5-2-3-7-15(12)18)19-16-10-9-14-13(16)6-4-8-17(14)20/h2-8,11,16,19-20H,9-10H2,1H3/t11-,16?/m0/s1. The molecule has 2 atom stereocenters. The number of fused-ring (bicyclic) bond motifs is 1. The van der Waals surface area contributed by atoms with Crippen molar-refractivity contribution in [1.29, 1.82) is 0 Å². The van der Waals surface area contributed by atoms with Crippen molar-refractivity contribution in [2.75, 3.05) is 0 Å². The van der Waals surface area contributed by atoms with Crippen LogP contribution in [-0.2, 0) is 6.42 Å². The van der Waals surface area contributed by atoms with E-state index in [1.807, 2.05) is 12.1 Å². The highest BCUT2D eigenvalue weighted by molar-refractivity contribution is 9.10. The van der Waals surface area contributed by atoms with Gasteiger partial charge >= 0.3 is 0 Å². The van der Waals surface area contributed by atoms with Crippen molar-refractivity contribution in [2.45, 2.75) is 31.8 Å². The monoisotopic (exact) mass is 331 g/mol. The average Bonchev–Trinajstić information content (AvgIpc) is 2.84. The Bertz CT molecular complexity index is 626. The minimum atomic E-state index is 0.267. The second-order valence-electron chi connectivity index (χ2n) is 5.35. The fraction of sp³-hybridized carbons (Fsp3) is 0.294. The molecule has 0 saturated heterocycles. The third-order valence-electron chi connectivity index (χ3n) is 4.07. The first-order valence-electron chi connectivity index (χ1n) is 6.98. The van der Waals surface area contributed by atoms with Crippen LogP contribution in [0.15, 0.2) is 46.9 Å². The Morgan fingerprint density at radius 2 is 2.00 bits per heavy atom. The van der Waals surface area contributed by atoms with Gasteiger partial charge in [0.2, 0.25) is 0 Å². The van der Waals surface area contributed by atoms with Gasteiger partial charge in [-0.25, -0.2) is 0 Å². The van der Waals surface area contributed by atoms with Crippen LogP contribution in [0, 0.1) is 0 Å². The summed E-state index contributed by atoms with van der Waals surface area (Å²) in [5, 5.41) is 13.6. The van der Waals surface area contributed by atoms with Gasteiger partial charge in [-0.05, 0) is 48.6 Å². The maximum absolute atomic E-state index is 9.91. The summed E-state index contributed by atoms with van der Waals surface area (Å²) in [4.78, 5) is 0. The summed E-state index contributed by atoms with van der Waals surface area (Å²) < 4.78 is 1.13. The predicted octanol–water partition coefficient (Wildman–Crippen LogP) is 4.49. The van der Waals surface area contributed by atoms with Crippen LogP contribution in [0.3, 0.4) is 0 Å². The van der Waals surface area contributed by atoms with Gasteiger partial charge in [-0.3, -0.25) is 0 Å². The van der Waals surface area contributed by atoms with E-state index >= 15 is 0 Å². The number of aromatic hydroxyl groups is 1. The molecule has 104 valence electrons. The molecule has 2 N–H and O–H groups in total. The molecule has 0 amide bonds. The van der Waals surface area contributed by atoms with Crippen LogP contribution in [-0.4, -0.2) is 5.11 Å². The Morgan fingerprint density at radius 3 is 2.80 bits per heavy atom. The fourth-order valence-corrected chi connectivity index (χ4v) is 3.65. The van der Waals surface area contributed by atoms with E-state index in [0.29, 0.717) is 11.8 Å². The molecule has 0 bridgehead atoms. The smallest absolute Gasteiger partial charge is 0.119 e. The molecule has 0 fully saturated rings. The molecule has 0 aromatic heterocycles. The minimum Gasteiger partial charge on any atom is -0.508 e. The van der Waals surface area contributed by atoms with Crippen molar-refractivity contribution >= 4 is 15.9 Å². The second kappa shape index (κ2) is 5.58. The molecule has 3 rings (SSSR count). The van der Waals surface area contributed by atoms with E-state index in [1.54, 1.807) is 6.07 Å². The SMILES string of the molecule is C[C@H](NC1CCc2c(O)cccc21)c1ccccc1Br. The zero-order valence-corrected chi connectivity index (χ0v) is 13.0. The van der Waals surface area contributed by atoms with Crippen LogP contribution >= 0.6 is 15.9 Å². The maximum atomic E-state index is 9.91. The molecule has 2 nitrogen and oxygen atoms in total. The summed E-state index contributed by atoms with van der Waals surface area (Å²) in [5.74, 6) is 0.431. The summed E-state index contributed by atoms with van der Waals surface area (Å²) in [6.07, 6.45) is 1.99. The molecule has 0 saturated carbocycles. The van der Waals surface area contributed by atoms with Crippen molar-refractivity contribution in [3.8, 4) is 5.75 Å². The van der Waals surface area contributed by atoms with Crippen molar-refractivity contribution in [1.82, 2.24) is 5.32 Å². The number of rotatable bonds is 3. The molecular weight excluding hydrogens is 314 g/mol. The highest BCUT2D eigenvalue weighted by Crippen LogP contribution is 2.38. The van der Waals surface area contributed by atoms with E-state index in [-0.39, 0.29) is 6.04 Å². The number of phenolic OH excluding ortho intramolecular Hbond substituents is 1. The molecule has 0 aliphatic heterocycles. The maximum Gasteiger partial charge on any atom is 0.119 e. The zero-order chi connectivity index (χ0) is 14.1. The third kappa shape index (κ3) is 2.48. The van der Waals surface area contributed by atoms with Crippen molar-refractivity contribution in [3.63, 3.8) is 0 Å². The lowest BCUT2D eigenvalue weighted by atomic mass is 10.0. The Kier molecular flexibility index (Phi) is 3.81. The van der Waals surface area contributed by atoms with Gasteiger partial charge in [-0.1, -0.05) is 46.3 Å². The fourth-order valence-electron chi connectivity index (χ4n) is 3.03. The first-order chi connectivity index (χ1) is 9.66. The van der Waals surface area contributed by atoms with Crippen LogP contribution < -0.4 is 5.32 Å². The van der Waals surface area contributed by atoms with Crippen LogP contribution in [0.4, 0.5) is 0 Å². The lowest BCUT2D eigenvalue weighted by molar-refractivity contribution is 0.464. The van der Waals surface area contributed by atoms with Crippen LogP contribution in [0.5, 0.6) is 5.75 Å². The number of hydrogen-bond donors (Lipinski definition) is 2. The predicted molar refractivity (Wildman–Crippen MR) is 84.9 cm³/mol. The number of phenols is 1. The molecule has 0 radical (unpaired) electrons. The average molecular weight is 332 g/mol. The van der Waals surface area contributed by atoms with Crippen LogP contribution in [0.1, 0.15) is 42.1 Å². The highest BCUT2D eigenvalue weighted by atomic mass is 79.9. The van der Waals surface area contributed by atoms with Crippen molar-refractivity contribution in [2.24, 2.45) is 0 Å². The molecule has 1 unspecified atom stereocenters. The quantitative estimate of drug-likeness (QED) is 0.868. The normalized spacial score (nSPS) is 18.8. The Balaban J connectivity index is 1.81. The van der Waals surface area contributed by atoms with Gasteiger partial charge in [0.05, 0.1) is 0 Å². The first kappa shape index (κ1) is 13.7. The number of benzene rings is 2. The van der Waals surface area contributed by atoms with Gasteiger partial charge < -0.3 is 10.4 Å². The lowest BCUT2D eigenvalue weighted by Gasteiger charge is -2.21. The Morgan fingerprint density at radius 1 is 1.20 bits per heavy atom. The molecular formula is C17H18BrNO. The zero-order valence-electron chi connectivity index (χ0n) is 11.4. The number of halogens is 1. The molecule has 2 aromatic rings. The molecule has 20 heavy (non-hydrogen) atoms. The number of hydrogen-bond acceptors (Lipinski definition) is 2. The van der Waals surface area contributed by atoms with Crippen molar-refractivity contribution in [3.05, 3.63) is 63.6 Å². The first-order valence-corrected chi connectivity index (χ1v) is 7.77. The van der Waals surface area contributed by atoms with E-state index < -0.39 is 0 Å².